The standard InChI is InChI=1S/C22H19N3/c1-14-19-11-16(7-8-17(19)12-24-14)18-9-10-23-22-21(18)20(13-25-22)15-5-3-2-4-6-15/h2-11,13-14,24H,12H2,1H3,(H,23,25). The normalized spacial score (nSPS) is 16.3. The van der Waals surface area contributed by atoms with E-state index in [0.717, 1.165) is 12.2 Å². The second kappa shape index (κ2) is 5.57. The van der Waals surface area contributed by atoms with Gasteiger partial charge >= 0.3 is 0 Å². The Kier molecular flexibility index (Phi) is 3.22. The molecule has 1 aliphatic rings. The maximum atomic E-state index is 4.53. The third kappa shape index (κ3) is 2.28. The SMILES string of the molecule is CC1NCc2ccc(-c3ccnc4[nH]cc(-c5ccccc5)c34)cc21. The molecular weight excluding hydrogens is 306 g/mol. The smallest absolute Gasteiger partial charge is 0.138 e. The van der Waals surface area contributed by atoms with E-state index in [1.807, 2.05) is 12.3 Å². The summed E-state index contributed by atoms with van der Waals surface area (Å²) in [5.74, 6) is 0. The average Bonchev–Trinajstić information content (AvgIpc) is 3.26. The number of pyridine rings is 1. The van der Waals surface area contributed by atoms with Crippen LogP contribution in [-0.2, 0) is 6.54 Å². The van der Waals surface area contributed by atoms with Gasteiger partial charge in [-0.3, -0.25) is 0 Å². The minimum atomic E-state index is 0.409. The Balaban J connectivity index is 1.75. The van der Waals surface area contributed by atoms with E-state index in [1.54, 1.807) is 0 Å². The van der Waals surface area contributed by atoms with Crippen molar-refractivity contribution in [1.29, 1.82) is 0 Å². The highest BCUT2D eigenvalue weighted by Crippen LogP contribution is 2.37. The third-order valence-corrected chi connectivity index (χ3v) is 5.18. The van der Waals surface area contributed by atoms with Crippen LogP contribution in [0.15, 0.2) is 67.0 Å². The summed E-state index contributed by atoms with van der Waals surface area (Å²) in [5.41, 5.74) is 8.62. The molecule has 0 saturated heterocycles. The van der Waals surface area contributed by atoms with Gasteiger partial charge in [0.1, 0.15) is 5.65 Å². The van der Waals surface area contributed by atoms with Crippen molar-refractivity contribution in [2.24, 2.45) is 0 Å². The van der Waals surface area contributed by atoms with Crippen LogP contribution in [-0.4, -0.2) is 9.97 Å². The number of nitrogens with zero attached hydrogens (tertiary/aromatic N) is 1. The fourth-order valence-electron chi connectivity index (χ4n) is 3.84. The van der Waals surface area contributed by atoms with Crippen LogP contribution < -0.4 is 5.32 Å². The first kappa shape index (κ1) is 14.4. The average molecular weight is 325 g/mol. The number of hydrogen-bond donors (Lipinski definition) is 2. The Hall–Kier alpha value is -2.91. The fraction of sp³-hybridized carbons (Fsp3) is 0.136. The molecule has 0 spiro atoms. The highest BCUT2D eigenvalue weighted by atomic mass is 14.9. The first-order valence-corrected chi connectivity index (χ1v) is 8.69. The Labute approximate surface area is 146 Å². The van der Waals surface area contributed by atoms with Gasteiger partial charge in [0.25, 0.3) is 0 Å². The van der Waals surface area contributed by atoms with E-state index in [9.17, 15) is 0 Å². The topological polar surface area (TPSA) is 40.7 Å². The van der Waals surface area contributed by atoms with Crippen molar-refractivity contribution >= 4 is 11.0 Å². The summed E-state index contributed by atoms with van der Waals surface area (Å²) in [4.78, 5) is 7.87. The molecule has 3 heterocycles. The van der Waals surface area contributed by atoms with E-state index in [1.165, 1.54) is 38.8 Å². The van der Waals surface area contributed by atoms with Crippen LogP contribution in [0.25, 0.3) is 33.3 Å². The predicted octanol–water partition coefficient (Wildman–Crippen LogP) is 5.06. The highest BCUT2D eigenvalue weighted by Gasteiger charge is 2.19. The van der Waals surface area contributed by atoms with Crippen molar-refractivity contribution in [3.63, 3.8) is 0 Å². The van der Waals surface area contributed by atoms with Crippen LogP contribution in [0.1, 0.15) is 24.1 Å². The number of rotatable bonds is 2. The van der Waals surface area contributed by atoms with Crippen molar-refractivity contribution in [2.75, 3.05) is 0 Å². The summed E-state index contributed by atoms with van der Waals surface area (Å²) in [7, 11) is 0. The van der Waals surface area contributed by atoms with Crippen molar-refractivity contribution in [1.82, 2.24) is 15.3 Å². The number of benzene rings is 2. The fourth-order valence-corrected chi connectivity index (χ4v) is 3.84. The molecule has 0 saturated carbocycles. The molecule has 0 bridgehead atoms. The van der Waals surface area contributed by atoms with Gasteiger partial charge in [-0.2, -0.15) is 0 Å². The number of nitrogens with one attached hydrogen (secondary N) is 2. The van der Waals surface area contributed by atoms with Gasteiger partial charge in [0.15, 0.2) is 0 Å². The van der Waals surface area contributed by atoms with Crippen LogP contribution in [0.5, 0.6) is 0 Å². The molecule has 2 N–H and O–H groups in total. The first-order chi connectivity index (χ1) is 12.3. The summed E-state index contributed by atoms with van der Waals surface area (Å²) in [6.07, 6.45) is 3.95. The van der Waals surface area contributed by atoms with Crippen molar-refractivity contribution in [3.05, 3.63) is 78.1 Å². The monoisotopic (exact) mass is 325 g/mol. The molecule has 0 amide bonds. The van der Waals surface area contributed by atoms with Gasteiger partial charge in [-0.05, 0) is 46.9 Å². The summed E-state index contributed by atoms with van der Waals surface area (Å²) in [5, 5.41) is 4.70. The summed E-state index contributed by atoms with van der Waals surface area (Å²) in [6.45, 7) is 3.19. The summed E-state index contributed by atoms with van der Waals surface area (Å²) >= 11 is 0. The molecule has 5 rings (SSSR count). The number of fused-ring (bicyclic) bond motifs is 2. The molecule has 2 aromatic heterocycles. The van der Waals surface area contributed by atoms with E-state index in [4.69, 9.17) is 0 Å². The Bertz CT molecular complexity index is 1060. The second-order valence-electron chi connectivity index (χ2n) is 6.67. The molecule has 3 nitrogen and oxygen atoms in total. The van der Waals surface area contributed by atoms with Crippen LogP contribution >= 0.6 is 0 Å². The summed E-state index contributed by atoms with van der Waals surface area (Å²) in [6, 6.07) is 19.8. The zero-order valence-electron chi connectivity index (χ0n) is 14.1. The number of aromatic amines is 1. The first-order valence-electron chi connectivity index (χ1n) is 8.69. The van der Waals surface area contributed by atoms with Gasteiger partial charge in [0.05, 0.1) is 0 Å². The van der Waals surface area contributed by atoms with Gasteiger partial charge in [0.2, 0.25) is 0 Å². The van der Waals surface area contributed by atoms with Crippen LogP contribution in [0.2, 0.25) is 0 Å². The Morgan fingerprint density at radius 2 is 1.84 bits per heavy atom. The lowest BCUT2D eigenvalue weighted by Gasteiger charge is -2.10. The van der Waals surface area contributed by atoms with Gasteiger partial charge in [-0.15, -0.1) is 0 Å². The molecule has 3 heteroatoms. The molecule has 0 fully saturated rings. The highest BCUT2D eigenvalue weighted by molar-refractivity contribution is 6.04. The molecule has 1 unspecified atom stereocenters. The molecule has 122 valence electrons. The molecular formula is C22H19N3. The minimum absolute atomic E-state index is 0.409. The van der Waals surface area contributed by atoms with E-state index < -0.39 is 0 Å². The van der Waals surface area contributed by atoms with Crippen LogP contribution in [0.4, 0.5) is 0 Å². The second-order valence-corrected chi connectivity index (χ2v) is 6.67. The predicted molar refractivity (Wildman–Crippen MR) is 102 cm³/mol. The largest absolute Gasteiger partial charge is 0.345 e. The van der Waals surface area contributed by atoms with E-state index in [0.29, 0.717) is 6.04 Å². The van der Waals surface area contributed by atoms with E-state index >= 15 is 0 Å². The molecule has 4 aromatic rings. The van der Waals surface area contributed by atoms with E-state index in [-0.39, 0.29) is 0 Å². The summed E-state index contributed by atoms with van der Waals surface area (Å²) < 4.78 is 0. The molecule has 25 heavy (non-hydrogen) atoms. The van der Waals surface area contributed by atoms with Gasteiger partial charge in [0, 0.05) is 35.9 Å². The lowest BCUT2D eigenvalue weighted by molar-refractivity contribution is 0.633. The minimum Gasteiger partial charge on any atom is -0.345 e. The van der Waals surface area contributed by atoms with Crippen molar-refractivity contribution in [2.45, 2.75) is 19.5 Å². The lowest BCUT2D eigenvalue weighted by atomic mass is 9.94. The quantitative estimate of drug-likeness (QED) is 0.541. The maximum Gasteiger partial charge on any atom is 0.138 e. The molecule has 0 aliphatic carbocycles. The van der Waals surface area contributed by atoms with Crippen LogP contribution in [0.3, 0.4) is 0 Å². The third-order valence-electron chi connectivity index (χ3n) is 5.18. The Morgan fingerprint density at radius 3 is 2.72 bits per heavy atom. The van der Waals surface area contributed by atoms with Gasteiger partial charge in [-0.25, -0.2) is 4.98 Å². The van der Waals surface area contributed by atoms with Crippen molar-refractivity contribution < 1.29 is 0 Å². The number of hydrogen-bond acceptors (Lipinski definition) is 2. The molecule has 0 radical (unpaired) electrons. The maximum absolute atomic E-state index is 4.53. The Morgan fingerprint density at radius 1 is 0.960 bits per heavy atom. The van der Waals surface area contributed by atoms with Gasteiger partial charge < -0.3 is 10.3 Å². The molecule has 2 aromatic carbocycles. The molecule has 1 atom stereocenters. The van der Waals surface area contributed by atoms with Gasteiger partial charge in [-0.1, -0.05) is 42.5 Å². The number of aromatic nitrogens is 2. The number of H-pyrrole nitrogens is 1. The zero-order chi connectivity index (χ0) is 16.8. The van der Waals surface area contributed by atoms with E-state index in [2.05, 4.69) is 76.9 Å². The zero-order valence-corrected chi connectivity index (χ0v) is 14.1. The lowest BCUT2D eigenvalue weighted by Crippen LogP contribution is -2.06. The van der Waals surface area contributed by atoms with Crippen LogP contribution in [0, 0.1) is 0 Å². The van der Waals surface area contributed by atoms with Crippen molar-refractivity contribution in [3.8, 4) is 22.3 Å². The molecule has 1 aliphatic heterocycles.